The van der Waals surface area contributed by atoms with E-state index in [1.54, 1.807) is 18.3 Å². The van der Waals surface area contributed by atoms with Gasteiger partial charge < -0.3 is 19.1 Å². The second-order valence-electron chi connectivity index (χ2n) is 4.62. The number of hydrogen-bond donors (Lipinski definition) is 1. The zero-order valence-electron chi connectivity index (χ0n) is 12.3. The summed E-state index contributed by atoms with van der Waals surface area (Å²) < 4.78 is 12.4. The van der Waals surface area contributed by atoms with E-state index in [9.17, 15) is 5.11 Å². The van der Waals surface area contributed by atoms with Crippen LogP contribution in [0.3, 0.4) is 0 Å². The van der Waals surface area contributed by atoms with Gasteiger partial charge in [0.2, 0.25) is 0 Å². The topological polar surface area (TPSA) is 56.5 Å². The molecule has 0 saturated carbocycles. The molecule has 0 spiro atoms. The summed E-state index contributed by atoms with van der Waals surface area (Å²) >= 11 is 6.18. The standard InChI is InChI=1S/C15H19ClN2O3/c1-4-6-18-7-5-17-15(18)13(19)10-8-11(16)14(21-3)12(9-10)20-2/h5,7-9,13,19H,4,6H2,1-3H3. The Morgan fingerprint density at radius 2 is 2.10 bits per heavy atom. The van der Waals surface area contributed by atoms with E-state index in [2.05, 4.69) is 11.9 Å². The van der Waals surface area contributed by atoms with Gasteiger partial charge in [0.25, 0.3) is 0 Å². The smallest absolute Gasteiger partial charge is 0.179 e. The summed E-state index contributed by atoms with van der Waals surface area (Å²) in [6.07, 6.45) is 3.62. The van der Waals surface area contributed by atoms with Crippen molar-refractivity contribution in [2.24, 2.45) is 0 Å². The van der Waals surface area contributed by atoms with Gasteiger partial charge in [0.15, 0.2) is 11.5 Å². The van der Waals surface area contributed by atoms with Crippen LogP contribution in [-0.2, 0) is 6.54 Å². The number of aliphatic hydroxyl groups is 1. The second kappa shape index (κ2) is 6.83. The van der Waals surface area contributed by atoms with Gasteiger partial charge in [0.05, 0.1) is 19.2 Å². The largest absolute Gasteiger partial charge is 0.493 e. The lowest BCUT2D eigenvalue weighted by atomic mass is 10.1. The Balaban J connectivity index is 2.41. The van der Waals surface area contributed by atoms with Crippen LogP contribution >= 0.6 is 11.6 Å². The number of nitrogens with zero attached hydrogens (tertiary/aromatic N) is 2. The molecule has 1 aromatic carbocycles. The number of imidazole rings is 1. The lowest BCUT2D eigenvalue weighted by Crippen LogP contribution is -2.10. The van der Waals surface area contributed by atoms with Crippen LogP contribution in [0.25, 0.3) is 0 Å². The van der Waals surface area contributed by atoms with Gasteiger partial charge in [-0.25, -0.2) is 4.98 Å². The van der Waals surface area contributed by atoms with Crippen molar-refractivity contribution in [1.82, 2.24) is 9.55 Å². The van der Waals surface area contributed by atoms with Crippen LogP contribution < -0.4 is 9.47 Å². The van der Waals surface area contributed by atoms with Gasteiger partial charge in [-0.05, 0) is 24.1 Å². The minimum atomic E-state index is -0.871. The third-order valence-corrected chi connectivity index (χ3v) is 3.51. The number of rotatable bonds is 6. The fourth-order valence-corrected chi connectivity index (χ4v) is 2.54. The number of halogens is 1. The molecule has 6 heteroatoms. The molecular formula is C15H19ClN2O3. The first-order valence-corrected chi connectivity index (χ1v) is 7.10. The van der Waals surface area contributed by atoms with Gasteiger partial charge in [-0.15, -0.1) is 0 Å². The summed E-state index contributed by atoms with van der Waals surface area (Å²) in [7, 11) is 3.05. The summed E-state index contributed by atoms with van der Waals surface area (Å²) in [6, 6.07) is 3.37. The Bertz CT molecular complexity index is 613. The molecule has 0 aliphatic carbocycles. The minimum absolute atomic E-state index is 0.388. The normalized spacial score (nSPS) is 12.2. The van der Waals surface area contributed by atoms with Crippen molar-refractivity contribution in [3.05, 3.63) is 40.9 Å². The van der Waals surface area contributed by atoms with Crippen molar-refractivity contribution in [3.63, 3.8) is 0 Å². The Morgan fingerprint density at radius 3 is 2.71 bits per heavy atom. The fraction of sp³-hybridized carbons (Fsp3) is 0.400. The summed E-state index contributed by atoms with van der Waals surface area (Å²) in [5, 5.41) is 10.9. The first-order chi connectivity index (χ1) is 10.1. The Kier molecular flexibility index (Phi) is 5.09. The Morgan fingerprint density at radius 1 is 1.33 bits per heavy atom. The van der Waals surface area contributed by atoms with Gasteiger partial charge >= 0.3 is 0 Å². The van der Waals surface area contributed by atoms with Crippen LogP contribution in [0.2, 0.25) is 5.02 Å². The van der Waals surface area contributed by atoms with Crippen LogP contribution in [-0.4, -0.2) is 28.9 Å². The highest BCUT2D eigenvalue weighted by atomic mass is 35.5. The number of aromatic nitrogens is 2. The predicted molar refractivity (Wildman–Crippen MR) is 81.1 cm³/mol. The third kappa shape index (κ3) is 3.14. The summed E-state index contributed by atoms with van der Waals surface area (Å²) in [6.45, 7) is 2.87. The van der Waals surface area contributed by atoms with Crippen LogP contribution in [0.15, 0.2) is 24.5 Å². The molecule has 114 valence electrons. The van der Waals surface area contributed by atoms with E-state index in [0.717, 1.165) is 13.0 Å². The zero-order valence-corrected chi connectivity index (χ0v) is 13.1. The van der Waals surface area contributed by atoms with Gasteiger partial charge in [0.1, 0.15) is 11.9 Å². The second-order valence-corrected chi connectivity index (χ2v) is 5.03. The van der Waals surface area contributed by atoms with Crippen molar-refractivity contribution in [3.8, 4) is 11.5 Å². The number of hydrogen-bond acceptors (Lipinski definition) is 4. The Hall–Kier alpha value is -1.72. The molecule has 0 radical (unpaired) electrons. The molecule has 0 bridgehead atoms. The molecule has 0 saturated heterocycles. The SMILES string of the molecule is CCCn1ccnc1C(O)c1cc(Cl)c(OC)c(OC)c1. The molecule has 0 aliphatic rings. The number of aryl methyl sites for hydroxylation is 1. The molecule has 1 atom stereocenters. The van der Waals surface area contributed by atoms with E-state index < -0.39 is 6.10 Å². The number of ether oxygens (including phenoxy) is 2. The van der Waals surface area contributed by atoms with Crippen molar-refractivity contribution in [1.29, 1.82) is 0 Å². The molecule has 0 amide bonds. The van der Waals surface area contributed by atoms with E-state index in [0.29, 0.717) is 27.9 Å². The van der Waals surface area contributed by atoms with Crippen LogP contribution in [0.5, 0.6) is 11.5 Å². The van der Waals surface area contributed by atoms with Gasteiger partial charge in [0, 0.05) is 18.9 Å². The van der Waals surface area contributed by atoms with E-state index in [1.165, 1.54) is 14.2 Å². The van der Waals surface area contributed by atoms with Crippen molar-refractivity contribution >= 4 is 11.6 Å². The summed E-state index contributed by atoms with van der Waals surface area (Å²) in [4.78, 5) is 4.24. The first-order valence-electron chi connectivity index (χ1n) is 6.72. The maximum Gasteiger partial charge on any atom is 0.179 e. The zero-order chi connectivity index (χ0) is 15.4. The van der Waals surface area contributed by atoms with Crippen molar-refractivity contribution in [2.45, 2.75) is 26.0 Å². The molecule has 1 unspecified atom stereocenters. The maximum absolute atomic E-state index is 10.6. The lowest BCUT2D eigenvalue weighted by Gasteiger charge is -2.16. The summed E-state index contributed by atoms with van der Waals surface area (Å²) in [5.41, 5.74) is 0.612. The minimum Gasteiger partial charge on any atom is -0.493 e. The molecule has 1 N–H and O–H groups in total. The Labute approximate surface area is 129 Å². The average molecular weight is 311 g/mol. The molecule has 2 aromatic rings. The number of aliphatic hydroxyl groups excluding tert-OH is 1. The van der Waals surface area contributed by atoms with Gasteiger partial charge in [-0.1, -0.05) is 18.5 Å². The maximum atomic E-state index is 10.6. The average Bonchev–Trinajstić information content (AvgIpc) is 2.94. The van der Waals surface area contributed by atoms with Crippen LogP contribution in [0.1, 0.15) is 30.8 Å². The van der Waals surface area contributed by atoms with Gasteiger partial charge in [-0.2, -0.15) is 0 Å². The number of methoxy groups -OCH3 is 2. The first kappa shape index (κ1) is 15.7. The van der Waals surface area contributed by atoms with Gasteiger partial charge in [-0.3, -0.25) is 0 Å². The highest BCUT2D eigenvalue weighted by Crippen LogP contribution is 2.38. The molecular weight excluding hydrogens is 292 g/mol. The van der Waals surface area contributed by atoms with Crippen molar-refractivity contribution < 1.29 is 14.6 Å². The van der Waals surface area contributed by atoms with E-state index in [-0.39, 0.29) is 0 Å². The lowest BCUT2D eigenvalue weighted by molar-refractivity contribution is 0.203. The highest BCUT2D eigenvalue weighted by molar-refractivity contribution is 6.32. The van der Waals surface area contributed by atoms with Crippen LogP contribution in [0, 0.1) is 0 Å². The monoisotopic (exact) mass is 310 g/mol. The highest BCUT2D eigenvalue weighted by Gasteiger charge is 2.20. The third-order valence-electron chi connectivity index (χ3n) is 3.23. The van der Waals surface area contributed by atoms with Crippen molar-refractivity contribution in [2.75, 3.05) is 14.2 Å². The molecule has 2 rings (SSSR count). The molecule has 1 heterocycles. The molecule has 21 heavy (non-hydrogen) atoms. The van der Waals surface area contributed by atoms with Crippen LogP contribution in [0.4, 0.5) is 0 Å². The van der Waals surface area contributed by atoms with E-state index in [4.69, 9.17) is 21.1 Å². The molecule has 0 aliphatic heterocycles. The molecule has 0 fully saturated rings. The molecule has 1 aromatic heterocycles. The van der Waals surface area contributed by atoms with E-state index in [1.807, 2.05) is 10.8 Å². The number of benzene rings is 1. The van der Waals surface area contributed by atoms with E-state index >= 15 is 0 Å². The quantitative estimate of drug-likeness (QED) is 0.891. The predicted octanol–water partition coefficient (Wildman–Crippen LogP) is 3.05. The fourth-order valence-electron chi connectivity index (χ4n) is 2.24. The summed E-state index contributed by atoms with van der Waals surface area (Å²) in [5.74, 6) is 1.51. The molecule has 5 nitrogen and oxygen atoms in total.